The van der Waals surface area contributed by atoms with Crippen LogP contribution in [0.5, 0.6) is 0 Å². The Labute approximate surface area is 101 Å². The summed E-state index contributed by atoms with van der Waals surface area (Å²) in [5.41, 5.74) is 0.233. The summed E-state index contributed by atoms with van der Waals surface area (Å²) in [7, 11) is 0. The summed E-state index contributed by atoms with van der Waals surface area (Å²) in [5.74, 6) is 0. The lowest BCUT2D eigenvalue weighted by Gasteiger charge is -2.29. The molecule has 0 amide bonds. The summed E-state index contributed by atoms with van der Waals surface area (Å²) in [5, 5.41) is 23.5. The average molecular weight is 238 g/mol. The van der Waals surface area contributed by atoms with Crippen molar-refractivity contribution in [1.29, 1.82) is 0 Å². The van der Waals surface area contributed by atoms with Gasteiger partial charge in [-0.25, -0.2) is 0 Å². The monoisotopic (exact) mass is 238 g/mol. The van der Waals surface area contributed by atoms with Gasteiger partial charge < -0.3 is 10.4 Å². The Bertz CT molecular complexity index is 402. The molecule has 0 saturated carbocycles. The molecule has 0 radical (unpaired) electrons. The minimum atomic E-state index is -0.537. The van der Waals surface area contributed by atoms with E-state index in [0.29, 0.717) is 12.1 Å². The number of hydrogen-bond donors (Lipinski definition) is 2. The molecule has 0 saturated heterocycles. The van der Waals surface area contributed by atoms with Gasteiger partial charge in [0.25, 0.3) is 5.69 Å². The molecule has 0 aromatic heterocycles. The van der Waals surface area contributed by atoms with Crippen molar-refractivity contribution in [2.24, 2.45) is 0 Å². The quantitative estimate of drug-likeness (QED) is 0.606. The molecule has 17 heavy (non-hydrogen) atoms. The van der Waals surface area contributed by atoms with Crippen molar-refractivity contribution in [1.82, 2.24) is 5.32 Å². The smallest absolute Gasteiger partial charge is 0.273 e. The molecule has 0 aliphatic heterocycles. The van der Waals surface area contributed by atoms with Gasteiger partial charge >= 0.3 is 0 Å². The third-order valence-corrected chi connectivity index (χ3v) is 2.97. The maximum absolute atomic E-state index is 10.8. The maximum Gasteiger partial charge on any atom is 0.273 e. The third kappa shape index (κ3) is 3.51. The summed E-state index contributed by atoms with van der Waals surface area (Å²) in [6.45, 7) is 5.75. The zero-order valence-corrected chi connectivity index (χ0v) is 10.3. The highest BCUT2D eigenvalue weighted by Crippen LogP contribution is 2.19. The molecule has 5 nitrogen and oxygen atoms in total. The fourth-order valence-electron chi connectivity index (χ4n) is 1.31. The number of aliphatic hydroxyl groups is 1. The molecule has 0 fully saturated rings. The number of rotatable bonds is 5. The van der Waals surface area contributed by atoms with Crippen LogP contribution < -0.4 is 5.32 Å². The maximum atomic E-state index is 10.8. The van der Waals surface area contributed by atoms with Crippen LogP contribution in [0.25, 0.3) is 0 Å². The summed E-state index contributed by atoms with van der Waals surface area (Å²) in [6.07, 6.45) is -0.537. The second-order valence-corrected chi connectivity index (χ2v) is 4.64. The molecule has 5 heteroatoms. The number of benzene rings is 1. The van der Waals surface area contributed by atoms with Crippen molar-refractivity contribution >= 4 is 5.69 Å². The largest absolute Gasteiger partial charge is 0.392 e. The lowest BCUT2D eigenvalue weighted by atomic mass is 9.98. The van der Waals surface area contributed by atoms with E-state index in [1.165, 1.54) is 6.07 Å². The Morgan fingerprint density at radius 3 is 2.59 bits per heavy atom. The molecule has 1 unspecified atom stereocenters. The van der Waals surface area contributed by atoms with Crippen LogP contribution in [0.4, 0.5) is 5.69 Å². The zero-order chi connectivity index (χ0) is 13.1. The van der Waals surface area contributed by atoms with Crippen molar-refractivity contribution in [2.45, 2.75) is 39.0 Å². The van der Waals surface area contributed by atoms with Gasteiger partial charge in [-0.2, -0.15) is 0 Å². The number of nitrogens with zero attached hydrogens (tertiary/aromatic N) is 1. The van der Waals surface area contributed by atoms with E-state index in [1.54, 1.807) is 25.1 Å². The van der Waals surface area contributed by atoms with Gasteiger partial charge in [0, 0.05) is 23.7 Å². The second-order valence-electron chi connectivity index (χ2n) is 4.64. The lowest BCUT2D eigenvalue weighted by molar-refractivity contribution is -0.385. The van der Waals surface area contributed by atoms with Crippen LogP contribution in [-0.4, -0.2) is 21.7 Å². The molecule has 94 valence electrons. The van der Waals surface area contributed by atoms with E-state index < -0.39 is 16.6 Å². The number of nitro groups is 1. The Balaban J connectivity index is 2.79. The molecule has 0 aliphatic carbocycles. The molecule has 1 atom stereocenters. The molecule has 0 bridgehead atoms. The van der Waals surface area contributed by atoms with Gasteiger partial charge in [-0.05, 0) is 20.8 Å². The van der Waals surface area contributed by atoms with E-state index in [0.717, 1.165) is 0 Å². The number of aliphatic hydroxyl groups excluding tert-OH is 1. The number of nitro benzene ring substituents is 1. The summed E-state index contributed by atoms with van der Waals surface area (Å²) in [4.78, 5) is 10.4. The van der Waals surface area contributed by atoms with Crippen LogP contribution in [0.1, 0.15) is 26.3 Å². The predicted octanol–water partition coefficient (Wildman–Crippen LogP) is 1.84. The van der Waals surface area contributed by atoms with Gasteiger partial charge in [0.2, 0.25) is 0 Å². The molecule has 1 aromatic carbocycles. The van der Waals surface area contributed by atoms with Gasteiger partial charge in [-0.15, -0.1) is 0 Å². The van der Waals surface area contributed by atoms with Crippen LogP contribution >= 0.6 is 0 Å². The van der Waals surface area contributed by atoms with E-state index in [-0.39, 0.29) is 5.69 Å². The van der Waals surface area contributed by atoms with Gasteiger partial charge in [0.1, 0.15) is 0 Å². The SMILES string of the molecule is CC(O)C(C)(C)NCc1ccccc1[N+](=O)[O-]. The minimum Gasteiger partial charge on any atom is -0.392 e. The highest BCUT2D eigenvalue weighted by Gasteiger charge is 2.24. The molecule has 1 rings (SSSR count). The molecular weight excluding hydrogens is 220 g/mol. The van der Waals surface area contributed by atoms with Crippen molar-refractivity contribution in [3.63, 3.8) is 0 Å². The van der Waals surface area contributed by atoms with E-state index in [9.17, 15) is 15.2 Å². The highest BCUT2D eigenvalue weighted by atomic mass is 16.6. The Kier molecular flexibility index (Phi) is 4.20. The zero-order valence-electron chi connectivity index (χ0n) is 10.3. The van der Waals surface area contributed by atoms with Crippen molar-refractivity contribution < 1.29 is 10.0 Å². The summed E-state index contributed by atoms with van der Waals surface area (Å²) < 4.78 is 0. The van der Waals surface area contributed by atoms with E-state index in [2.05, 4.69) is 5.32 Å². The number of hydrogen-bond acceptors (Lipinski definition) is 4. The molecule has 0 heterocycles. The standard InChI is InChI=1S/C12H18N2O3/c1-9(15)12(2,3)13-8-10-6-4-5-7-11(10)14(16)17/h4-7,9,13,15H,8H2,1-3H3. The molecule has 0 aliphatic rings. The second kappa shape index (κ2) is 5.25. The van der Waals surface area contributed by atoms with Gasteiger partial charge in [0.05, 0.1) is 11.0 Å². The minimum absolute atomic E-state index is 0.0985. The van der Waals surface area contributed by atoms with Crippen LogP contribution in [0.2, 0.25) is 0 Å². The Morgan fingerprint density at radius 1 is 1.47 bits per heavy atom. The first-order valence-corrected chi connectivity index (χ1v) is 5.50. The van der Waals surface area contributed by atoms with Crippen molar-refractivity contribution in [3.8, 4) is 0 Å². The van der Waals surface area contributed by atoms with Crippen molar-refractivity contribution in [3.05, 3.63) is 39.9 Å². The van der Waals surface area contributed by atoms with Gasteiger partial charge in [-0.1, -0.05) is 18.2 Å². The first-order chi connectivity index (χ1) is 7.84. The number of para-hydroxylation sites is 1. The lowest BCUT2D eigenvalue weighted by Crippen LogP contribution is -2.47. The van der Waals surface area contributed by atoms with Crippen LogP contribution in [0.3, 0.4) is 0 Å². The summed E-state index contributed by atoms with van der Waals surface area (Å²) >= 11 is 0. The van der Waals surface area contributed by atoms with E-state index in [4.69, 9.17) is 0 Å². The summed E-state index contributed by atoms with van der Waals surface area (Å²) in [6, 6.07) is 6.59. The fourth-order valence-corrected chi connectivity index (χ4v) is 1.31. The Morgan fingerprint density at radius 2 is 2.06 bits per heavy atom. The molecule has 2 N–H and O–H groups in total. The van der Waals surface area contributed by atoms with Crippen LogP contribution in [-0.2, 0) is 6.54 Å². The normalized spacial score (nSPS) is 13.4. The van der Waals surface area contributed by atoms with E-state index >= 15 is 0 Å². The first-order valence-electron chi connectivity index (χ1n) is 5.50. The highest BCUT2D eigenvalue weighted by molar-refractivity contribution is 5.39. The van der Waals surface area contributed by atoms with Gasteiger partial charge in [-0.3, -0.25) is 10.1 Å². The van der Waals surface area contributed by atoms with Crippen molar-refractivity contribution in [2.75, 3.05) is 0 Å². The van der Waals surface area contributed by atoms with Crippen LogP contribution in [0, 0.1) is 10.1 Å². The first kappa shape index (κ1) is 13.6. The molecular formula is C12H18N2O3. The van der Waals surface area contributed by atoms with Gasteiger partial charge in [0.15, 0.2) is 0 Å². The predicted molar refractivity (Wildman–Crippen MR) is 65.7 cm³/mol. The molecule has 1 aromatic rings. The third-order valence-electron chi connectivity index (χ3n) is 2.97. The Hall–Kier alpha value is -1.46. The average Bonchev–Trinajstić information content (AvgIpc) is 2.26. The molecule has 0 spiro atoms. The fraction of sp³-hybridized carbons (Fsp3) is 0.500. The van der Waals surface area contributed by atoms with Crippen LogP contribution in [0.15, 0.2) is 24.3 Å². The van der Waals surface area contributed by atoms with E-state index in [1.807, 2.05) is 13.8 Å². The topological polar surface area (TPSA) is 75.4 Å². The number of nitrogens with one attached hydrogen (secondary N) is 1.